The predicted octanol–water partition coefficient (Wildman–Crippen LogP) is 0.599. The van der Waals surface area contributed by atoms with Gasteiger partial charge in [-0.1, -0.05) is 12.1 Å². The molecule has 2 rings (SSSR count). The second-order valence-electron chi connectivity index (χ2n) is 3.87. The molecule has 0 atom stereocenters. The van der Waals surface area contributed by atoms with Crippen molar-refractivity contribution < 1.29 is 5.11 Å². The van der Waals surface area contributed by atoms with Crippen LogP contribution < -0.4 is 11.2 Å². The lowest BCUT2D eigenvalue weighted by molar-refractivity contribution is 0.474. The van der Waals surface area contributed by atoms with E-state index in [1.54, 1.807) is 31.2 Å². The Kier molecular flexibility index (Phi) is 2.82. The number of phenolic OH excluding ortho intramolecular Hbond substituents is 1. The molecule has 0 radical (unpaired) electrons. The van der Waals surface area contributed by atoms with E-state index in [2.05, 4.69) is 4.98 Å². The Balaban J connectivity index is 2.40. The average molecular weight is 232 g/mol. The first-order valence-electron chi connectivity index (χ1n) is 5.14. The first-order valence-corrected chi connectivity index (χ1v) is 5.14. The molecule has 0 fully saturated rings. The molecule has 0 amide bonds. The Morgan fingerprint density at radius 1 is 1.35 bits per heavy atom. The van der Waals surface area contributed by atoms with Gasteiger partial charge in [0.1, 0.15) is 5.75 Å². The monoisotopic (exact) mass is 232 g/mol. The van der Waals surface area contributed by atoms with Crippen molar-refractivity contribution in [2.45, 2.75) is 13.5 Å². The molecule has 0 saturated heterocycles. The van der Waals surface area contributed by atoms with Crippen molar-refractivity contribution >= 4 is 0 Å². The summed E-state index contributed by atoms with van der Waals surface area (Å²) in [5.41, 5.74) is 0.439. The number of aromatic hydroxyl groups is 1. The van der Waals surface area contributed by atoms with Gasteiger partial charge < -0.3 is 5.11 Å². The van der Waals surface area contributed by atoms with Gasteiger partial charge in [-0.3, -0.25) is 14.3 Å². The topological polar surface area (TPSA) is 75.1 Å². The lowest BCUT2D eigenvalue weighted by Crippen LogP contribution is -2.31. The maximum atomic E-state index is 11.5. The second-order valence-corrected chi connectivity index (χ2v) is 3.87. The molecule has 5 nitrogen and oxygen atoms in total. The fraction of sp³-hybridized carbons (Fsp3) is 0.167. The SMILES string of the molecule is Cc1cn(Cc2cccc(O)c2)c(=O)[nH]c1=O. The molecule has 17 heavy (non-hydrogen) atoms. The van der Waals surface area contributed by atoms with E-state index in [4.69, 9.17) is 0 Å². The maximum absolute atomic E-state index is 11.5. The molecule has 0 unspecified atom stereocenters. The fourth-order valence-electron chi connectivity index (χ4n) is 1.59. The Morgan fingerprint density at radius 3 is 2.82 bits per heavy atom. The van der Waals surface area contributed by atoms with Gasteiger partial charge in [-0.2, -0.15) is 0 Å². The van der Waals surface area contributed by atoms with Gasteiger partial charge in [-0.05, 0) is 24.6 Å². The lowest BCUT2D eigenvalue weighted by atomic mass is 10.2. The predicted molar refractivity (Wildman–Crippen MR) is 63.3 cm³/mol. The Morgan fingerprint density at radius 2 is 2.12 bits per heavy atom. The number of nitrogens with zero attached hydrogens (tertiary/aromatic N) is 1. The summed E-state index contributed by atoms with van der Waals surface area (Å²) < 4.78 is 1.39. The van der Waals surface area contributed by atoms with E-state index in [9.17, 15) is 14.7 Å². The first kappa shape index (κ1) is 11.2. The normalized spacial score (nSPS) is 10.4. The van der Waals surface area contributed by atoms with Crippen LogP contribution in [0.1, 0.15) is 11.1 Å². The minimum atomic E-state index is -0.455. The summed E-state index contributed by atoms with van der Waals surface area (Å²) in [6.45, 7) is 1.95. The van der Waals surface area contributed by atoms with Crippen molar-refractivity contribution in [3.05, 3.63) is 62.4 Å². The van der Waals surface area contributed by atoms with Gasteiger partial charge >= 0.3 is 5.69 Å². The van der Waals surface area contributed by atoms with Gasteiger partial charge in [-0.15, -0.1) is 0 Å². The second kappa shape index (κ2) is 4.29. The number of phenols is 1. The largest absolute Gasteiger partial charge is 0.508 e. The molecular formula is C12H12N2O3. The van der Waals surface area contributed by atoms with Crippen molar-refractivity contribution in [1.29, 1.82) is 0 Å². The highest BCUT2D eigenvalue weighted by Gasteiger charge is 2.02. The van der Waals surface area contributed by atoms with Crippen LogP contribution in [-0.4, -0.2) is 14.7 Å². The van der Waals surface area contributed by atoms with Crippen LogP contribution in [0.25, 0.3) is 0 Å². The molecule has 2 N–H and O–H groups in total. The molecule has 1 aromatic carbocycles. The maximum Gasteiger partial charge on any atom is 0.328 e. The van der Waals surface area contributed by atoms with Gasteiger partial charge in [0.2, 0.25) is 0 Å². The van der Waals surface area contributed by atoms with Crippen LogP contribution in [0.5, 0.6) is 5.75 Å². The number of H-pyrrole nitrogens is 1. The molecule has 5 heteroatoms. The highest BCUT2D eigenvalue weighted by Crippen LogP contribution is 2.11. The van der Waals surface area contributed by atoms with Crippen LogP contribution in [0.3, 0.4) is 0 Å². The quantitative estimate of drug-likeness (QED) is 0.796. The third-order valence-corrected chi connectivity index (χ3v) is 2.45. The van der Waals surface area contributed by atoms with E-state index in [0.29, 0.717) is 12.1 Å². The van der Waals surface area contributed by atoms with Gasteiger partial charge in [-0.25, -0.2) is 4.79 Å². The van der Waals surface area contributed by atoms with Gasteiger partial charge in [0.15, 0.2) is 0 Å². The fourth-order valence-corrected chi connectivity index (χ4v) is 1.59. The number of benzene rings is 1. The average Bonchev–Trinajstić information content (AvgIpc) is 2.26. The Hall–Kier alpha value is -2.30. The molecular weight excluding hydrogens is 220 g/mol. The minimum absolute atomic E-state index is 0.150. The van der Waals surface area contributed by atoms with Crippen molar-refractivity contribution in [2.24, 2.45) is 0 Å². The third kappa shape index (κ3) is 2.44. The van der Waals surface area contributed by atoms with Crippen molar-refractivity contribution in [3.8, 4) is 5.75 Å². The van der Waals surface area contributed by atoms with E-state index >= 15 is 0 Å². The third-order valence-electron chi connectivity index (χ3n) is 2.45. The molecule has 1 heterocycles. The van der Waals surface area contributed by atoms with E-state index in [1.165, 1.54) is 10.8 Å². The number of hydrogen-bond donors (Lipinski definition) is 2. The van der Waals surface area contributed by atoms with Gasteiger partial charge in [0, 0.05) is 11.8 Å². The number of rotatable bonds is 2. The van der Waals surface area contributed by atoms with Gasteiger partial charge in [0.05, 0.1) is 6.54 Å². The minimum Gasteiger partial charge on any atom is -0.508 e. The zero-order valence-corrected chi connectivity index (χ0v) is 9.30. The van der Waals surface area contributed by atoms with Gasteiger partial charge in [0.25, 0.3) is 5.56 Å². The first-order chi connectivity index (χ1) is 8.06. The Bertz CT molecular complexity index is 655. The van der Waals surface area contributed by atoms with Crippen molar-refractivity contribution in [2.75, 3.05) is 0 Å². The van der Waals surface area contributed by atoms with Crippen molar-refractivity contribution in [1.82, 2.24) is 9.55 Å². The summed E-state index contributed by atoms with van der Waals surface area (Å²) in [5.74, 6) is 0.150. The summed E-state index contributed by atoms with van der Waals surface area (Å²) in [6, 6.07) is 6.64. The molecule has 0 aliphatic carbocycles. The highest BCUT2D eigenvalue weighted by atomic mass is 16.3. The summed E-state index contributed by atoms with van der Waals surface area (Å²) >= 11 is 0. The van der Waals surface area contributed by atoms with Crippen LogP contribution in [0.15, 0.2) is 40.1 Å². The Labute approximate surface area is 97.0 Å². The van der Waals surface area contributed by atoms with E-state index in [1.807, 2.05) is 0 Å². The number of aromatic nitrogens is 2. The molecule has 1 aromatic heterocycles. The summed E-state index contributed by atoms with van der Waals surface area (Å²) in [5, 5.41) is 9.31. The molecule has 0 aliphatic rings. The highest BCUT2D eigenvalue weighted by molar-refractivity contribution is 5.27. The molecule has 0 bridgehead atoms. The molecule has 2 aromatic rings. The number of aryl methyl sites for hydroxylation is 1. The summed E-state index contributed by atoms with van der Waals surface area (Å²) in [7, 11) is 0. The number of hydrogen-bond acceptors (Lipinski definition) is 3. The van der Waals surface area contributed by atoms with Crippen molar-refractivity contribution in [3.63, 3.8) is 0 Å². The van der Waals surface area contributed by atoms with E-state index < -0.39 is 5.69 Å². The zero-order chi connectivity index (χ0) is 12.4. The molecule has 0 saturated carbocycles. The van der Waals surface area contributed by atoms with Crippen LogP contribution in [0, 0.1) is 6.92 Å². The number of aromatic amines is 1. The van der Waals surface area contributed by atoms with Crippen LogP contribution in [0.2, 0.25) is 0 Å². The molecule has 88 valence electrons. The molecule has 0 spiro atoms. The zero-order valence-electron chi connectivity index (χ0n) is 9.30. The smallest absolute Gasteiger partial charge is 0.328 e. The van der Waals surface area contributed by atoms with Crippen LogP contribution in [-0.2, 0) is 6.54 Å². The van der Waals surface area contributed by atoms with E-state index in [0.717, 1.165) is 5.56 Å². The standard InChI is InChI=1S/C12H12N2O3/c1-8-6-14(12(17)13-11(8)16)7-9-3-2-4-10(15)5-9/h2-6,15H,7H2,1H3,(H,13,16,17). The van der Waals surface area contributed by atoms with Crippen LogP contribution >= 0.6 is 0 Å². The lowest BCUT2D eigenvalue weighted by Gasteiger charge is -2.06. The summed E-state index contributed by atoms with van der Waals surface area (Å²) in [6.07, 6.45) is 1.51. The van der Waals surface area contributed by atoms with Crippen LogP contribution in [0.4, 0.5) is 0 Å². The van der Waals surface area contributed by atoms with E-state index in [-0.39, 0.29) is 11.3 Å². The molecule has 0 aliphatic heterocycles. The summed E-state index contributed by atoms with van der Waals surface area (Å²) in [4.78, 5) is 24.9. The number of nitrogens with one attached hydrogen (secondary N) is 1.